The van der Waals surface area contributed by atoms with E-state index >= 15 is 0 Å². The van der Waals surface area contributed by atoms with Crippen LogP contribution in [0.4, 0.5) is 30.2 Å². The van der Waals surface area contributed by atoms with Crippen molar-refractivity contribution in [3.8, 4) is 0 Å². The number of hydrogen-bond acceptors (Lipinski definition) is 6. The summed E-state index contributed by atoms with van der Waals surface area (Å²) < 4.78 is 38.2. The summed E-state index contributed by atoms with van der Waals surface area (Å²) in [6.07, 6.45) is -2.55. The van der Waals surface area contributed by atoms with Gasteiger partial charge in [-0.25, -0.2) is 0 Å². The van der Waals surface area contributed by atoms with Crippen LogP contribution in [-0.2, 0) is 22.2 Å². The van der Waals surface area contributed by atoms with Gasteiger partial charge in [0.2, 0.25) is 5.91 Å². The zero-order valence-corrected chi connectivity index (χ0v) is 18.1. The number of para-hydroxylation sites is 1. The molecule has 1 atom stereocenters. The van der Waals surface area contributed by atoms with Crippen molar-refractivity contribution in [2.75, 3.05) is 29.9 Å². The molecule has 0 saturated carbocycles. The number of benzene rings is 2. The Balaban J connectivity index is 1.43. The maximum Gasteiger partial charge on any atom is 0.416 e. The first-order valence-electron chi connectivity index (χ1n) is 10.9. The summed E-state index contributed by atoms with van der Waals surface area (Å²) in [7, 11) is 0. The first kappa shape index (κ1) is 23.5. The molecule has 4 rings (SSSR count). The number of anilines is 2. The number of aldehydes is 1. The molecule has 1 N–H and O–H groups in total. The number of amides is 1. The minimum atomic E-state index is -4.43. The van der Waals surface area contributed by atoms with E-state index < -0.39 is 22.7 Å². The van der Waals surface area contributed by atoms with Gasteiger partial charge in [0, 0.05) is 31.7 Å². The van der Waals surface area contributed by atoms with Gasteiger partial charge in [0.25, 0.3) is 5.69 Å². The second kappa shape index (κ2) is 9.32. The summed E-state index contributed by atoms with van der Waals surface area (Å²) in [6.45, 7) is 1.11. The van der Waals surface area contributed by atoms with Crippen LogP contribution in [-0.4, -0.2) is 53.7 Å². The molecule has 1 unspecified atom stereocenters. The number of hydrogen-bond donors (Lipinski definition) is 1. The first-order valence-corrected chi connectivity index (χ1v) is 10.9. The third-order valence-electron chi connectivity index (χ3n) is 6.29. The lowest BCUT2D eigenvalue weighted by atomic mass is 9.98. The predicted octanol–water partition coefficient (Wildman–Crippen LogP) is 3.65. The third-order valence-corrected chi connectivity index (χ3v) is 6.29. The molecule has 1 saturated heterocycles. The fourth-order valence-corrected chi connectivity index (χ4v) is 4.58. The number of nitrogens with zero attached hydrogens (tertiary/aromatic N) is 3. The van der Waals surface area contributed by atoms with E-state index in [4.69, 9.17) is 0 Å². The van der Waals surface area contributed by atoms with Crippen LogP contribution in [0.5, 0.6) is 0 Å². The highest BCUT2D eigenvalue weighted by molar-refractivity contribution is 5.85. The molecule has 2 aliphatic rings. The van der Waals surface area contributed by atoms with Gasteiger partial charge in [0.1, 0.15) is 12.0 Å². The molecule has 8 nitrogen and oxygen atoms in total. The normalized spacial score (nSPS) is 18.7. The minimum absolute atomic E-state index is 0.00202. The lowest BCUT2D eigenvalue weighted by Gasteiger charge is -2.43. The molecule has 2 aliphatic heterocycles. The van der Waals surface area contributed by atoms with Crippen LogP contribution in [0.1, 0.15) is 24.0 Å². The van der Waals surface area contributed by atoms with E-state index in [2.05, 4.69) is 5.32 Å². The van der Waals surface area contributed by atoms with Crippen LogP contribution in [0.2, 0.25) is 0 Å². The Hall–Kier alpha value is -3.63. The summed E-state index contributed by atoms with van der Waals surface area (Å²) in [5.74, 6) is -0.185. The number of carbonyl (C=O) groups is 2. The van der Waals surface area contributed by atoms with Gasteiger partial charge >= 0.3 is 6.18 Å². The molecule has 1 fully saturated rings. The van der Waals surface area contributed by atoms with Crippen LogP contribution in [0.25, 0.3) is 0 Å². The van der Waals surface area contributed by atoms with Gasteiger partial charge < -0.3 is 19.9 Å². The van der Waals surface area contributed by atoms with Crippen molar-refractivity contribution in [1.82, 2.24) is 4.90 Å². The van der Waals surface area contributed by atoms with E-state index in [0.717, 1.165) is 18.4 Å². The van der Waals surface area contributed by atoms with Crippen LogP contribution in [0, 0.1) is 10.1 Å². The molecule has 1 amide bonds. The topological polar surface area (TPSA) is 95.8 Å². The van der Waals surface area contributed by atoms with Crippen molar-refractivity contribution in [2.45, 2.75) is 37.5 Å². The van der Waals surface area contributed by atoms with E-state index in [1.807, 2.05) is 4.90 Å². The third kappa shape index (κ3) is 4.82. The van der Waals surface area contributed by atoms with E-state index in [-0.39, 0.29) is 30.6 Å². The Kier molecular flexibility index (Phi) is 6.45. The lowest BCUT2D eigenvalue weighted by molar-refractivity contribution is -0.384. The number of rotatable bonds is 5. The highest BCUT2D eigenvalue weighted by Crippen LogP contribution is 2.41. The van der Waals surface area contributed by atoms with Gasteiger partial charge in [0.15, 0.2) is 0 Å². The number of piperidine rings is 1. The number of carbonyl (C=O) groups excluding carboxylic acids is 2. The van der Waals surface area contributed by atoms with Gasteiger partial charge in [-0.1, -0.05) is 18.2 Å². The molecule has 0 aliphatic carbocycles. The van der Waals surface area contributed by atoms with Crippen molar-refractivity contribution >= 4 is 29.3 Å². The van der Waals surface area contributed by atoms with Crippen LogP contribution < -0.4 is 10.2 Å². The number of likely N-dealkylation sites (tertiary alicyclic amines) is 1. The molecule has 0 aromatic heterocycles. The fraction of sp³-hybridized carbons (Fsp3) is 0.391. The maximum atomic E-state index is 12.7. The largest absolute Gasteiger partial charge is 0.416 e. The summed E-state index contributed by atoms with van der Waals surface area (Å²) in [4.78, 5) is 38.9. The molecule has 2 heterocycles. The molecule has 34 heavy (non-hydrogen) atoms. The number of nitro benzene ring substituents is 1. The van der Waals surface area contributed by atoms with Crippen LogP contribution in [0.3, 0.4) is 0 Å². The zero-order valence-electron chi connectivity index (χ0n) is 18.1. The summed E-state index contributed by atoms with van der Waals surface area (Å²) in [5, 5.41) is 14.6. The van der Waals surface area contributed by atoms with E-state index in [0.29, 0.717) is 42.9 Å². The van der Waals surface area contributed by atoms with Gasteiger partial charge in [0.05, 0.1) is 28.6 Å². The van der Waals surface area contributed by atoms with Crippen molar-refractivity contribution in [2.24, 2.45) is 0 Å². The lowest BCUT2D eigenvalue weighted by Crippen LogP contribution is -2.52. The van der Waals surface area contributed by atoms with Crippen molar-refractivity contribution in [1.29, 1.82) is 0 Å². The van der Waals surface area contributed by atoms with Gasteiger partial charge in [-0.15, -0.1) is 0 Å². The van der Waals surface area contributed by atoms with Crippen molar-refractivity contribution in [3.05, 3.63) is 63.7 Å². The average molecular weight is 476 g/mol. The highest BCUT2D eigenvalue weighted by Gasteiger charge is 2.36. The van der Waals surface area contributed by atoms with E-state index in [9.17, 15) is 32.9 Å². The Labute approximate surface area is 193 Å². The molecule has 2 aromatic carbocycles. The van der Waals surface area contributed by atoms with Crippen molar-refractivity contribution < 1.29 is 27.7 Å². The maximum absolute atomic E-state index is 12.7. The SMILES string of the molecule is O=CC1CN(C2CCN(C(=O)Cc3ccc(C(F)(F)F)cc3)CC2)c2c(cccc2[N+](=O)[O-])N1. The minimum Gasteiger partial charge on any atom is -0.372 e. The molecule has 180 valence electrons. The number of fused-ring (bicyclic) bond motifs is 1. The summed E-state index contributed by atoms with van der Waals surface area (Å²) in [6, 6.07) is 8.64. The standard InChI is InChI=1S/C23H23F3N4O4/c24-23(25,26)16-6-4-15(5-7-16)12-21(32)28-10-8-18(9-11-28)29-13-17(14-31)27-19-2-1-3-20(22(19)29)30(33)34/h1-7,14,17-18,27H,8-13H2. The molecule has 2 aromatic rings. The molecular formula is C23H23F3N4O4. The second-order valence-corrected chi connectivity index (χ2v) is 8.45. The quantitative estimate of drug-likeness (QED) is 0.402. The molecule has 0 bridgehead atoms. The molecule has 0 spiro atoms. The van der Waals surface area contributed by atoms with E-state index in [1.54, 1.807) is 17.0 Å². The number of nitro groups is 1. The van der Waals surface area contributed by atoms with Gasteiger partial charge in [-0.05, 0) is 36.6 Å². The fourth-order valence-electron chi connectivity index (χ4n) is 4.58. The Bertz CT molecular complexity index is 1080. The Morgan fingerprint density at radius 2 is 1.82 bits per heavy atom. The number of halogens is 3. The predicted molar refractivity (Wildman–Crippen MR) is 119 cm³/mol. The number of alkyl halides is 3. The van der Waals surface area contributed by atoms with Crippen LogP contribution >= 0.6 is 0 Å². The molecule has 11 heteroatoms. The first-order chi connectivity index (χ1) is 16.2. The van der Waals surface area contributed by atoms with Gasteiger partial charge in [-0.2, -0.15) is 13.2 Å². The zero-order chi connectivity index (χ0) is 24.5. The Morgan fingerprint density at radius 1 is 1.15 bits per heavy atom. The van der Waals surface area contributed by atoms with Crippen molar-refractivity contribution in [3.63, 3.8) is 0 Å². The van der Waals surface area contributed by atoms with E-state index in [1.165, 1.54) is 18.2 Å². The smallest absolute Gasteiger partial charge is 0.372 e. The second-order valence-electron chi connectivity index (χ2n) is 8.45. The monoisotopic (exact) mass is 476 g/mol. The summed E-state index contributed by atoms with van der Waals surface area (Å²) >= 11 is 0. The summed E-state index contributed by atoms with van der Waals surface area (Å²) in [5.41, 5.74) is 0.665. The van der Waals surface area contributed by atoms with Crippen LogP contribution in [0.15, 0.2) is 42.5 Å². The molecule has 0 radical (unpaired) electrons. The number of nitrogens with one attached hydrogen (secondary N) is 1. The average Bonchev–Trinajstić information content (AvgIpc) is 2.82. The van der Waals surface area contributed by atoms with Gasteiger partial charge in [-0.3, -0.25) is 14.9 Å². The highest BCUT2D eigenvalue weighted by atomic mass is 19.4. The molecular weight excluding hydrogens is 453 g/mol. The Morgan fingerprint density at radius 3 is 2.41 bits per heavy atom.